The minimum Gasteiger partial charge on any atom is -0.456 e. The molecule has 14 rings (SSSR count). The lowest BCUT2D eigenvalue weighted by Crippen LogP contribution is -2.00. The summed E-state index contributed by atoms with van der Waals surface area (Å²) in [5, 5.41) is 11.9. The van der Waals surface area contributed by atoms with E-state index in [-0.39, 0.29) is 0 Å². The molecule has 0 unspecified atom stereocenters. The van der Waals surface area contributed by atoms with Gasteiger partial charge >= 0.3 is 0 Å². The van der Waals surface area contributed by atoms with E-state index in [4.69, 9.17) is 28.8 Å². The number of hydrogen-bond donors (Lipinski definition) is 0. The molecule has 6 nitrogen and oxygen atoms in total. The van der Waals surface area contributed by atoms with Gasteiger partial charge in [0.05, 0.1) is 11.2 Å². The van der Waals surface area contributed by atoms with Crippen molar-refractivity contribution < 1.29 is 8.83 Å². The number of furan rings is 2. The standard InChI is InChI=1S/C60H34N4O2/c1-3-15-37-31-41(29-27-35(37)13-1)59-62-58(63-60(64-59)42-30-28-36-14-2-4-16-38(36)32-42)40-18-11-17-39(33-40)56-48-34-52-54(46-21-7-10-26-51(46)65-52)55(53(48)45-20-5-8-24-49(45)61-56)47-23-12-22-44-43-19-6-9-25-50(43)66-57(44)47/h1-34H. The molecule has 0 bridgehead atoms. The first-order valence-corrected chi connectivity index (χ1v) is 22.1. The predicted octanol–water partition coefficient (Wildman–Crippen LogP) is 16.0. The Labute approximate surface area is 377 Å². The maximum Gasteiger partial charge on any atom is 0.164 e. The Hall–Kier alpha value is -9.00. The maximum absolute atomic E-state index is 6.78. The van der Waals surface area contributed by atoms with Crippen LogP contribution in [0.3, 0.4) is 0 Å². The van der Waals surface area contributed by atoms with E-state index in [1.807, 2.05) is 24.3 Å². The van der Waals surface area contributed by atoms with Gasteiger partial charge in [-0.25, -0.2) is 19.9 Å². The van der Waals surface area contributed by atoms with Gasteiger partial charge in [0, 0.05) is 71.1 Å². The molecule has 0 atom stereocenters. The summed E-state index contributed by atoms with van der Waals surface area (Å²) in [7, 11) is 0. The van der Waals surface area contributed by atoms with E-state index < -0.39 is 0 Å². The van der Waals surface area contributed by atoms with Crippen LogP contribution in [0.2, 0.25) is 0 Å². The van der Waals surface area contributed by atoms with E-state index in [0.717, 1.165) is 126 Å². The van der Waals surface area contributed by atoms with Crippen molar-refractivity contribution in [1.29, 1.82) is 0 Å². The van der Waals surface area contributed by atoms with Crippen molar-refractivity contribution in [3.05, 3.63) is 206 Å². The molecule has 14 aromatic rings. The van der Waals surface area contributed by atoms with Crippen molar-refractivity contribution in [3.8, 4) is 56.5 Å². The van der Waals surface area contributed by atoms with Gasteiger partial charge in [0.25, 0.3) is 0 Å². The van der Waals surface area contributed by atoms with Crippen molar-refractivity contribution in [3.63, 3.8) is 0 Å². The summed E-state index contributed by atoms with van der Waals surface area (Å²) in [6, 6.07) is 71.5. The highest BCUT2D eigenvalue weighted by atomic mass is 16.3. The maximum atomic E-state index is 6.78. The van der Waals surface area contributed by atoms with Crippen molar-refractivity contribution in [2.75, 3.05) is 0 Å². The molecule has 0 N–H and O–H groups in total. The van der Waals surface area contributed by atoms with Gasteiger partial charge < -0.3 is 8.83 Å². The summed E-state index contributed by atoms with van der Waals surface area (Å²) in [5.74, 6) is 1.77. The molecule has 4 heterocycles. The first kappa shape index (κ1) is 36.5. The number of para-hydroxylation sites is 4. The highest BCUT2D eigenvalue weighted by Gasteiger charge is 2.25. The molecule has 0 radical (unpaired) electrons. The predicted molar refractivity (Wildman–Crippen MR) is 269 cm³/mol. The number of aromatic nitrogens is 4. The first-order valence-electron chi connectivity index (χ1n) is 22.1. The van der Waals surface area contributed by atoms with Gasteiger partial charge in [-0.1, -0.05) is 164 Å². The quantitative estimate of drug-likeness (QED) is 0.161. The highest BCUT2D eigenvalue weighted by Crippen LogP contribution is 2.49. The molecule has 10 aromatic carbocycles. The van der Waals surface area contributed by atoms with Crippen LogP contribution >= 0.6 is 0 Å². The molecule has 66 heavy (non-hydrogen) atoms. The van der Waals surface area contributed by atoms with E-state index in [2.05, 4.69) is 182 Å². The number of nitrogens with zero attached hydrogens (tertiary/aromatic N) is 4. The molecular formula is C60H34N4O2. The number of fused-ring (bicyclic) bond motifs is 11. The third-order valence-corrected chi connectivity index (χ3v) is 13.0. The average Bonchev–Trinajstić information content (AvgIpc) is 3.96. The molecule has 0 spiro atoms. The second kappa shape index (κ2) is 14.3. The van der Waals surface area contributed by atoms with Crippen LogP contribution in [0.15, 0.2) is 215 Å². The summed E-state index contributed by atoms with van der Waals surface area (Å²) >= 11 is 0. The third kappa shape index (κ3) is 5.68. The van der Waals surface area contributed by atoms with Gasteiger partial charge in [-0.2, -0.15) is 0 Å². The Kier molecular flexibility index (Phi) is 7.88. The molecule has 6 heteroatoms. The molecule has 0 aliphatic rings. The smallest absolute Gasteiger partial charge is 0.164 e. The summed E-state index contributed by atoms with van der Waals surface area (Å²) in [4.78, 5) is 21.0. The Morgan fingerprint density at radius 3 is 1.56 bits per heavy atom. The van der Waals surface area contributed by atoms with E-state index in [0.29, 0.717) is 17.5 Å². The van der Waals surface area contributed by atoms with Crippen molar-refractivity contribution in [2.24, 2.45) is 0 Å². The highest BCUT2D eigenvalue weighted by molar-refractivity contribution is 6.29. The molecule has 0 aliphatic carbocycles. The molecule has 0 saturated carbocycles. The number of hydrogen-bond acceptors (Lipinski definition) is 6. The van der Waals surface area contributed by atoms with Crippen LogP contribution in [0.25, 0.3) is 144 Å². The second-order valence-electron chi connectivity index (χ2n) is 16.9. The third-order valence-electron chi connectivity index (χ3n) is 13.0. The average molecular weight is 843 g/mol. The Balaban J connectivity index is 1.03. The van der Waals surface area contributed by atoms with E-state index in [9.17, 15) is 0 Å². The van der Waals surface area contributed by atoms with Crippen LogP contribution in [0.4, 0.5) is 0 Å². The summed E-state index contributed by atoms with van der Waals surface area (Å²) in [6.45, 7) is 0. The molecular weight excluding hydrogens is 809 g/mol. The second-order valence-corrected chi connectivity index (χ2v) is 16.9. The molecule has 0 aliphatic heterocycles. The normalized spacial score (nSPS) is 11.9. The minimum atomic E-state index is 0.570. The zero-order valence-corrected chi connectivity index (χ0v) is 35.2. The Morgan fingerprint density at radius 2 is 0.848 bits per heavy atom. The van der Waals surface area contributed by atoms with Crippen molar-refractivity contribution >= 4 is 87.1 Å². The van der Waals surface area contributed by atoms with Crippen LogP contribution in [0.1, 0.15) is 0 Å². The van der Waals surface area contributed by atoms with E-state index >= 15 is 0 Å². The number of pyridine rings is 1. The summed E-state index contributed by atoms with van der Waals surface area (Å²) in [6.07, 6.45) is 0. The SMILES string of the molecule is c1cc(-c2nc(-c3ccc4ccccc4c3)nc(-c3ccc4ccccc4c3)n2)cc(-c2nc3ccccc3c3c(-c4cccc5c4oc4ccccc45)c4c(cc23)oc2ccccc24)c1. The van der Waals surface area contributed by atoms with Crippen molar-refractivity contribution in [1.82, 2.24) is 19.9 Å². The van der Waals surface area contributed by atoms with Crippen LogP contribution in [0.5, 0.6) is 0 Å². The minimum absolute atomic E-state index is 0.570. The van der Waals surface area contributed by atoms with Gasteiger partial charge in [-0.15, -0.1) is 0 Å². The van der Waals surface area contributed by atoms with Crippen LogP contribution < -0.4 is 0 Å². The fourth-order valence-electron chi connectivity index (χ4n) is 9.98. The molecule has 0 amide bonds. The van der Waals surface area contributed by atoms with Crippen LogP contribution in [-0.2, 0) is 0 Å². The monoisotopic (exact) mass is 842 g/mol. The fraction of sp³-hybridized carbons (Fsp3) is 0. The van der Waals surface area contributed by atoms with Crippen LogP contribution in [0, 0.1) is 0 Å². The van der Waals surface area contributed by atoms with Gasteiger partial charge in [-0.3, -0.25) is 0 Å². The Bertz CT molecular complexity index is 4220. The molecule has 4 aromatic heterocycles. The zero-order chi connectivity index (χ0) is 43.3. The number of rotatable bonds is 5. The van der Waals surface area contributed by atoms with Gasteiger partial charge in [0.15, 0.2) is 17.5 Å². The number of benzene rings is 10. The molecule has 0 fully saturated rings. The lowest BCUT2D eigenvalue weighted by Gasteiger charge is -2.16. The summed E-state index contributed by atoms with van der Waals surface area (Å²) in [5.41, 5.74) is 10.6. The van der Waals surface area contributed by atoms with Gasteiger partial charge in [-0.05, 0) is 64.0 Å². The topological polar surface area (TPSA) is 77.8 Å². The molecule has 306 valence electrons. The first-order chi connectivity index (χ1) is 32.7. The van der Waals surface area contributed by atoms with E-state index in [1.54, 1.807) is 0 Å². The van der Waals surface area contributed by atoms with Gasteiger partial charge in [0.1, 0.15) is 22.3 Å². The lowest BCUT2D eigenvalue weighted by atomic mass is 9.88. The Morgan fingerprint density at radius 1 is 0.303 bits per heavy atom. The summed E-state index contributed by atoms with van der Waals surface area (Å²) < 4.78 is 13.5. The largest absolute Gasteiger partial charge is 0.456 e. The zero-order valence-electron chi connectivity index (χ0n) is 35.2. The van der Waals surface area contributed by atoms with Crippen molar-refractivity contribution in [2.45, 2.75) is 0 Å². The lowest BCUT2D eigenvalue weighted by molar-refractivity contribution is 0.669. The van der Waals surface area contributed by atoms with Gasteiger partial charge in [0.2, 0.25) is 0 Å². The molecule has 0 saturated heterocycles. The van der Waals surface area contributed by atoms with Crippen LogP contribution in [-0.4, -0.2) is 19.9 Å². The van der Waals surface area contributed by atoms with E-state index in [1.165, 1.54) is 0 Å². The fourth-order valence-corrected chi connectivity index (χ4v) is 9.98.